The maximum atomic E-state index is 12.7. The van der Waals surface area contributed by atoms with Gasteiger partial charge < -0.3 is 0 Å². The second kappa shape index (κ2) is 10.7. The molecule has 0 unspecified atom stereocenters. The highest BCUT2D eigenvalue weighted by Gasteiger charge is 2.16. The Kier molecular flexibility index (Phi) is 8.18. The number of ketones is 1. The molecule has 0 saturated carbocycles. The van der Waals surface area contributed by atoms with E-state index in [1.807, 2.05) is 30.3 Å². The molecule has 0 saturated heterocycles. The molecule has 0 heterocycles. The van der Waals surface area contributed by atoms with E-state index in [0.717, 1.165) is 12.0 Å². The summed E-state index contributed by atoms with van der Waals surface area (Å²) >= 11 is 0. The van der Waals surface area contributed by atoms with E-state index in [4.69, 9.17) is 0 Å². The summed E-state index contributed by atoms with van der Waals surface area (Å²) in [5.74, 6) is 0.365. The third-order valence-electron chi connectivity index (χ3n) is 4.68. The van der Waals surface area contributed by atoms with Crippen LogP contribution in [-0.4, -0.2) is 5.78 Å². The number of carbonyl (C=O) groups excluding carboxylic acids is 1. The number of benzene rings is 2. The first-order valence-corrected chi connectivity index (χ1v) is 9.52. The lowest BCUT2D eigenvalue weighted by Gasteiger charge is -2.15. The van der Waals surface area contributed by atoms with Gasteiger partial charge in [0, 0.05) is 17.9 Å². The van der Waals surface area contributed by atoms with Gasteiger partial charge in [-0.25, -0.2) is 0 Å². The minimum absolute atomic E-state index is 0.153. The Labute approximate surface area is 152 Å². The number of carbonyl (C=O) groups is 1. The second-order valence-corrected chi connectivity index (χ2v) is 6.73. The number of unbranched alkanes of at least 4 members (excludes halogenated alkanes) is 4. The Balaban J connectivity index is 2.08. The van der Waals surface area contributed by atoms with Crippen molar-refractivity contribution in [1.29, 1.82) is 0 Å². The summed E-state index contributed by atoms with van der Waals surface area (Å²) in [7, 11) is 0. The molecule has 0 aliphatic heterocycles. The van der Waals surface area contributed by atoms with Gasteiger partial charge in [0.15, 0.2) is 5.78 Å². The molecule has 132 valence electrons. The van der Waals surface area contributed by atoms with Crippen LogP contribution in [0.5, 0.6) is 0 Å². The molecule has 1 atom stereocenters. The SMILES string of the molecule is CCCCCC/C=C/[C@H](CC(=O)c1ccccc1)c1ccccc1C. The predicted molar refractivity (Wildman–Crippen MR) is 107 cm³/mol. The lowest BCUT2D eigenvalue weighted by atomic mass is 9.88. The van der Waals surface area contributed by atoms with E-state index in [2.05, 4.69) is 50.3 Å². The van der Waals surface area contributed by atoms with Crippen molar-refractivity contribution in [1.82, 2.24) is 0 Å². The zero-order chi connectivity index (χ0) is 17.9. The first kappa shape index (κ1) is 19.2. The number of allylic oxidation sites excluding steroid dienone is 2. The van der Waals surface area contributed by atoms with Crippen LogP contribution < -0.4 is 0 Å². The smallest absolute Gasteiger partial charge is 0.163 e. The molecule has 1 heteroatoms. The fraction of sp³-hybridized carbons (Fsp3) is 0.375. The van der Waals surface area contributed by atoms with E-state index in [1.165, 1.54) is 36.8 Å². The predicted octanol–water partition coefficient (Wildman–Crippen LogP) is 6.88. The Hall–Kier alpha value is -2.15. The Morgan fingerprint density at radius 3 is 2.40 bits per heavy atom. The molecule has 25 heavy (non-hydrogen) atoms. The molecule has 2 aromatic carbocycles. The molecule has 0 fully saturated rings. The maximum Gasteiger partial charge on any atom is 0.163 e. The van der Waals surface area contributed by atoms with Gasteiger partial charge in [0.1, 0.15) is 0 Å². The molecule has 1 nitrogen and oxygen atoms in total. The van der Waals surface area contributed by atoms with Gasteiger partial charge in [-0.15, -0.1) is 0 Å². The molecule has 0 radical (unpaired) electrons. The van der Waals surface area contributed by atoms with Crippen LogP contribution in [-0.2, 0) is 0 Å². The molecular formula is C24H30O. The average molecular weight is 335 g/mol. The molecular weight excluding hydrogens is 304 g/mol. The molecule has 0 aliphatic rings. The Morgan fingerprint density at radius 2 is 1.68 bits per heavy atom. The lowest BCUT2D eigenvalue weighted by molar-refractivity contribution is 0.0978. The minimum atomic E-state index is 0.153. The number of hydrogen-bond acceptors (Lipinski definition) is 1. The summed E-state index contributed by atoms with van der Waals surface area (Å²) in [5, 5.41) is 0. The van der Waals surface area contributed by atoms with E-state index >= 15 is 0 Å². The van der Waals surface area contributed by atoms with Gasteiger partial charge in [-0.1, -0.05) is 92.9 Å². The molecule has 2 aromatic rings. The van der Waals surface area contributed by atoms with E-state index in [9.17, 15) is 4.79 Å². The largest absolute Gasteiger partial charge is 0.294 e. The molecule has 0 N–H and O–H groups in total. The van der Waals surface area contributed by atoms with Crippen molar-refractivity contribution in [3.63, 3.8) is 0 Å². The Bertz CT molecular complexity index is 670. The maximum absolute atomic E-state index is 12.7. The summed E-state index contributed by atoms with van der Waals surface area (Å²) in [4.78, 5) is 12.7. The second-order valence-electron chi connectivity index (χ2n) is 6.73. The van der Waals surface area contributed by atoms with Crippen LogP contribution in [0.3, 0.4) is 0 Å². The summed E-state index contributed by atoms with van der Waals surface area (Å²) in [6, 6.07) is 18.0. The first-order chi connectivity index (χ1) is 12.2. The number of hydrogen-bond donors (Lipinski definition) is 0. The van der Waals surface area contributed by atoms with Gasteiger partial charge in [-0.05, 0) is 30.9 Å². The van der Waals surface area contributed by atoms with Crippen LogP contribution in [0.2, 0.25) is 0 Å². The summed E-state index contributed by atoms with van der Waals surface area (Å²) < 4.78 is 0. The van der Waals surface area contributed by atoms with E-state index < -0.39 is 0 Å². The van der Waals surface area contributed by atoms with Crippen molar-refractivity contribution >= 4 is 5.78 Å². The van der Waals surface area contributed by atoms with Gasteiger partial charge in [-0.3, -0.25) is 4.79 Å². The fourth-order valence-electron chi connectivity index (χ4n) is 3.18. The van der Waals surface area contributed by atoms with Crippen molar-refractivity contribution in [2.24, 2.45) is 0 Å². The van der Waals surface area contributed by atoms with E-state index in [0.29, 0.717) is 6.42 Å². The number of aryl methyl sites for hydroxylation is 1. The molecule has 0 amide bonds. The molecule has 0 aliphatic carbocycles. The van der Waals surface area contributed by atoms with Crippen molar-refractivity contribution in [2.75, 3.05) is 0 Å². The topological polar surface area (TPSA) is 17.1 Å². The third kappa shape index (κ3) is 6.34. The summed E-state index contributed by atoms with van der Waals surface area (Å²) in [6.45, 7) is 4.36. The first-order valence-electron chi connectivity index (χ1n) is 9.52. The van der Waals surface area contributed by atoms with E-state index in [-0.39, 0.29) is 11.7 Å². The van der Waals surface area contributed by atoms with Crippen LogP contribution in [0.4, 0.5) is 0 Å². The van der Waals surface area contributed by atoms with Crippen molar-refractivity contribution in [3.8, 4) is 0 Å². The van der Waals surface area contributed by atoms with Gasteiger partial charge in [0.25, 0.3) is 0 Å². The highest BCUT2D eigenvalue weighted by molar-refractivity contribution is 5.96. The number of rotatable bonds is 10. The zero-order valence-corrected chi connectivity index (χ0v) is 15.6. The molecule has 0 aromatic heterocycles. The van der Waals surface area contributed by atoms with Gasteiger partial charge in [0.2, 0.25) is 0 Å². The monoisotopic (exact) mass is 334 g/mol. The van der Waals surface area contributed by atoms with Gasteiger partial charge >= 0.3 is 0 Å². The van der Waals surface area contributed by atoms with Crippen LogP contribution in [0, 0.1) is 6.92 Å². The quantitative estimate of drug-likeness (QED) is 0.263. The molecule has 0 bridgehead atoms. The highest BCUT2D eigenvalue weighted by atomic mass is 16.1. The van der Waals surface area contributed by atoms with Crippen LogP contribution in [0.15, 0.2) is 66.7 Å². The highest BCUT2D eigenvalue weighted by Crippen LogP contribution is 2.26. The Morgan fingerprint density at radius 1 is 0.960 bits per heavy atom. The molecule has 2 rings (SSSR count). The van der Waals surface area contributed by atoms with Gasteiger partial charge in [0.05, 0.1) is 0 Å². The average Bonchev–Trinajstić information content (AvgIpc) is 2.64. The van der Waals surface area contributed by atoms with Crippen molar-refractivity contribution in [3.05, 3.63) is 83.4 Å². The summed E-state index contributed by atoms with van der Waals surface area (Å²) in [5.41, 5.74) is 3.32. The number of Topliss-reactive ketones (excluding diaryl/α,β-unsaturated/α-hetero) is 1. The fourth-order valence-corrected chi connectivity index (χ4v) is 3.18. The van der Waals surface area contributed by atoms with E-state index in [1.54, 1.807) is 0 Å². The standard InChI is InChI=1S/C24H30O/c1-3-4-5-6-7-9-17-22(23-18-13-12-14-20(23)2)19-24(25)21-15-10-8-11-16-21/h8-18,22H,3-7,19H2,1-2H3/b17-9+/t22-/m1/s1. The minimum Gasteiger partial charge on any atom is -0.294 e. The van der Waals surface area contributed by atoms with Crippen LogP contribution in [0.25, 0.3) is 0 Å². The van der Waals surface area contributed by atoms with Crippen LogP contribution >= 0.6 is 0 Å². The van der Waals surface area contributed by atoms with Gasteiger partial charge in [-0.2, -0.15) is 0 Å². The van der Waals surface area contributed by atoms with Crippen molar-refractivity contribution < 1.29 is 4.79 Å². The van der Waals surface area contributed by atoms with Crippen LogP contribution in [0.1, 0.15) is 72.9 Å². The zero-order valence-electron chi connectivity index (χ0n) is 15.6. The molecule has 0 spiro atoms. The van der Waals surface area contributed by atoms with Crippen molar-refractivity contribution in [2.45, 2.75) is 58.3 Å². The third-order valence-corrected chi connectivity index (χ3v) is 4.68. The summed E-state index contributed by atoms with van der Waals surface area (Å²) in [6.07, 6.45) is 11.2. The lowest BCUT2D eigenvalue weighted by Crippen LogP contribution is -2.07. The normalized spacial score (nSPS) is 12.4.